The molecular weight excluding hydrogens is 466 g/mol. The Balaban J connectivity index is 1.85. The van der Waals surface area contributed by atoms with E-state index in [1.165, 1.54) is 7.05 Å². The van der Waals surface area contributed by atoms with Gasteiger partial charge in [-0.25, -0.2) is 4.79 Å². The molecule has 8 nitrogen and oxygen atoms in total. The minimum absolute atomic E-state index is 0.0613. The molecule has 182 valence electrons. The van der Waals surface area contributed by atoms with Crippen LogP contribution in [-0.2, 0) is 23.0 Å². The molecule has 0 radical (unpaired) electrons. The Labute approximate surface area is 206 Å². The normalized spacial score (nSPS) is 11.3. The van der Waals surface area contributed by atoms with E-state index >= 15 is 0 Å². The lowest BCUT2D eigenvalue weighted by atomic mass is 10.1. The van der Waals surface area contributed by atoms with Gasteiger partial charge in [0.05, 0.1) is 22.6 Å². The molecule has 0 saturated heterocycles. The highest BCUT2D eigenvalue weighted by Gasteiger charge is 2.19. The summed E-state index contributed by atoms with van der Waals surface area (Å²) >= 11 is 0. The van der Waals surface area contributed by atoms with E-state index in [1.54, 1.807) is 66.9 Å². The first-order chi connectivity index (χ1) is 16.8. The second kappa shape index (κ2) is 11.9. The van der Waals surface area contributed by atoms with Gasteiger partial charge in [0.1, 0.15) is 5.75 Å². The number of para-hydroxylation sites is 2. The van der Waals surface area contributed by atoms with Crippen LogP contribution >= 0.6 is 0 Å². The number of benzene rings is 3. The molecule has 3 aromatic rings. The van der Waals surface area contributed by atoms with Crippen molar-refractivity contribution in [1.82, 2.24) is 5.32 Å². The van der Waals surface area contributed by atoms with E-state index in [1.807, 2.05) is 13.0 Å². The van der Waals surface area contributed by atoms with Crippen LogP contribution in [0.5, 0.6) is 5.75 Å². The zero-order chi connectivity index (χ0) is 25.4. The molecular formula is C26H27N3O5S. The van der Waals surface area contributed by atoms with Gasteiger partial charge in [-0.1, -0.05) is 43.3 Å². The fourth-order valence-electron chi connectivity index (χ4n) is 3.40. The highest BCUT2D eigenvalue weighted by molar-refractivity contribution is 7.83. The van der Waals surface area contributed by atoms with Crippen molar-refractivity contribution in [1.29, 1.82) is 0 Å². The minimum Gasteiger partial charge on any atom is -0.409 e. The Morgan fingerprint density at radius 1 is 0.857 bits per heavy atom. The summed E-state index contributed by atoms with van der Waals surface area (Å²) < 4.78 is 17.2. The molecule has 1 atom stereocenters. The quantitative estimate of drug-likeness (QED) is 0.432. The number of ether oxygens (including phenoxy) is 1. The molecule has 0 aliphatic rings. The molecule has 3 amide bonds. The predicted molar refractivity (Wildman–Crippen MR) is 137 cm³/mol. The van der Waals surface area contributed by atoms with Crippen molar-refractivity contribution in [3.8, 4) is 5.75 Å². The maximum absolute atomic E-state index is 13.2. The van der Waals surface area contributed by atoms with Gasteiger partial charge in [-0.05, 0) is 47.9 Å². The largest absolute Gasteiger partial charge is 0.417 e. The minimum atomic E-state index is -1.09. The Hall–Kier alpha value is -3.98. The summed E-state index contributed by atoms with van der Waals surface area (Å²) in [4.78, 5) is 38.0. The van der Waals surface area contributed by atoms with Crippen LogP contribution in [0.4, 0.5) is 16.2 Å². The third-order valence-corrected chi connectivity index (χ3v) is 5.88. The number of rotatable bonds is 8. The molecule has 0 fully saturated rings. The van der Waals surface area contributed by atoms with Crippen LogP contribution < -0.4 is 20.7 Å². The summed E-state index contributed by atoms with van der Waals surface area (Å²) in [5.74, 6) is -0.476. The van der Waals surface area contributed by atoms with E-state index in [2.05, 4.69) is 16.0 Å². The third kappa shape index (κ3) is 6.77. The van der Waals surface area contributed by atoms with E-state index in [0.29, 0.717) is 17.9 Å². The monoisotopic (exact) mass is 493 g/mol. The maximum atomic E-state index is 13.2. The van der Waals surface area contributed by atoms with Gasteiger partial charge in [0.15, 0.2) is 0 Å². The molecule has 9 heteroatoms. The number of aryl methyl sites for hydroxylation is 1. The van der Waals surface area contributed by atoms with Gasteiger partial charge in [-0.2, -0.15) is 0 Å². The van der Waals surface area contributed by atoms with E-state index in [4.69, 9.17) is 4.74 Å². The molecule has 1 unspecified atom stereocenters. The Morgan fingerprint density at radius 3 is 2.23 bits per heavy atom. The number of amides is 3. The second-order valence-corrected chi connectivity index (χ2v) is 9.09. The number of carbonyl (C=O) groups excluding carboxylic acids is 3. The fraction of sp³-hybridized carbons (Fsp3) is 0.192. The molecule has 3 N–H and O–H groups in total. The molecule has 0 aliphatic carbocycles. The number of nitrogens with one attached hydrogen (secondary N) is 3. The first-order valence-electron chi connectivity index (χ1n) is 10.9. The van der Waals surface area contributed by atoms with Crippen LogP contribution in [0.15, 0.2) is 66.7 Å². The van der Waals surface area contributed by atoms with Crippen molar-refractivity contribution >= 4 is 40.1 Å². The summed E-state index contributed by atoms with van der Waals surface area (Å²) in [6, 6.07) is 18.6. The first-order valence-corrected chi connectivity index (χ1v) is 12.7. The summed E-state index contributed by atoms with van der Waals surface area (Å²) in [5.41, 5.74) is 2.87. The lowest BCUT2D eigenvalue weighted by molar-refractivity contribution is 0.0963. The number of anilines is 2. The Morgan fingerprint density at radius 2 is 1.54 bits per heavy atom. The topological polar surface area (TPSA) is 114 Å². The number of carbonyl (C=O) groups is 3. The summed E-state index contributed by atoms with van der Waals surface area (Å²) in [6.07, 6.45) is 1.43. The molecule has 0 aromatic heterocycles. The van der Waals surface area contributed by atoms with Crippen LogP contribution in [-0.4, -0.2) is 35.4 Å². The van der Waals surface area contributed by atoms with Crippen LogP contribution in [0.3, 0.4) is 0 Å². The first kappa shape index (κ1) is 25.6. The van der Waals surface area contributed by atoms with E-state index < -0.39 is 22.8 Å². The van der Waals surface area contributed by atoms with Crippen molar-refractivity contribution < 1.29 is 23.3 Å². The maximum Gasteiger partial charge on any atom is 0.417 e. The SMILES string of the molecule is CCc1ccc(OC(=O)Nc2ccccc2C(=O)NC)c(C(=O)Nc2ccccc2CS(C)=O)c1. The summed E-state index contributed by atoms with van der Waals surface area (Å²) in [6.45, 7) is 1.95. The molecule has 3 aromatic carbocycles. The molecule has 0 bridgehead atoms. The average molecular weight is 494 g/mol. The lowest BCUT2D eigenvalue weighted by Gasteiger charge is -2.15. The van der Waals surface area contributed by atoms with Crippen molar-refractivity contribution in [2.24, 2.45) is 0 Å². The van der Waals surface area contributed by atoms with Gasteiger partial charge >= 0.3 is 6.09 Å². The molecule has 0 saturated carbocycles. The van der Waals surface area contributed by atoms with Crippen LogP contribution in [0, 0.1) is 0 Å². The van der Waals surface area contributed by atoms with Gasteiger partial charge in [0, 0.05) is 29.8 Å². The zero-order valence-electron chi connectivity index (χ0n) is 19.7. The lowest BCUT2D eigenvalue weighted by Crippen LogP contribution is -2.24. The van der Waals surface area contributed by atoms with Crippen molar-refractivity contribution in [3.05, 3.63) is 89.0 Å². The summed E-state index contributed by atoms with van der Waals surface area (Å²) in [5, 5.41) is 7.92. The van der Waals surface area contributed by atoms with E-state index in [-0.39, 0.29) is 28.5 Å². The van der Waals surface area contributed by atoms with Crippen LogP contribution in [0.2, 0.25) is 0 Å². The number of hydrogen-bond acceptors (Lipinski definition) is 5. The Kier molecular flexibility index (Phi) is 8.74. The van der Waals surface area contributed by atoms with Crippen LogP contribution in [0.1, 0.15) is 38.8 Å². The molecule has 0 spiro atoms. The smallest absolute Gasteiger partial charge is 0.409 e. The van der Waals surface area contributed by atoms with E-state index in [0.717, 1.165) is 11.1 Å². The predicted octanol–water partition coefficient (Wildman–Crippen LogP) is 4.35. The van der Waals surface area contributed by atoms with Gasteiger partial charge in [0.25, 0.3) is 11.8 Å². The standard InChI is InChI=1S/C26H27N3O5S/c1-4-17-13-14-23(34-26(32)29-22-12-8-6-10-19(22)24(30)27-2)20(15-17)25(31)28-21-11-7-5-9-18(21)16-35(3)33/h5-15H,4,16H2,1-3H3,(H,27,30)(H,28,31)(H,29,32). The summed E-state index contributed by atoms with van der Waals surface area (Å²) in [7, 11) is 0.407. The van der Waals surface area contributed by atoms with Crippen LogP contribution in [0.25, 0.3) is 0 Å². The third-order valence-electron chi connectivity index (χ3n) is 5.16. The second-order valence-electron chi connectivity index (χ2n) is 7.65. The highest BCUT2D eigenvalue weighted by Crippen LogP contribution is 2.25. The average Bonchev–Trinajstić information content (AvgIpc) is 2.85. The van der Waals surface area contributed by atoms with Gasteiger partial charge in [-0.15, -0.1) is 0 Å². The number of hydrogen-bond donors (Lipinski definition) is 3. The van der Waals surface area contributed by atoms with Gasteiger partial charge in [0.2, 0.25) is 0 Å². The fourth-order valence-corrected chi connectivity index (χ4v) is 4.09. The molecule has 0 heterocycles. The molecule has 35 heavy (non-hydrogen) atoms. The van der Waals surface area contributed by atoms with Crippen molar-refractivity contribution in [2.75, 3.05) is 23.9 Å². The van der Waals surface area contributed by atoms with Gasteiger partial charge in [-0.3, -0.25) is 19.1 Å². The zero-order valence-corrected chi connectivity index (χ0v) is 20.5. The Bertz CT molecular complexity index is 1280. The molecule has 0 aliphatic heterocycles. The van der Waals surface area contributed by atoms with Crippen molar-refractivity contribution in [2.45, 2.75) is 19.1 Å². The van der Waals surface area contributed by atoms with Crippen molar-refractivity contribution in [3.63, 3.8) is 0 Å². The van der Waals surface area contributed by atoms with E-state index in [9.17, 15) is 18.6 Å². The van der Waals surface area contributed by atoms with Gasteiger partial charge < -0.3 is 15.4 Å². The molecule has 3 rings (SSSR count). The highest BCUT2D eigenvalue weighted by atomic mass is 32.2.